The van der Waals surface area contributed by atoms with Crippen molar-refractivity contribution in [2.75, 3.05) is 21.1 Å². The fraction of sp³-hybridized carbons (Fsp3) is 0.400. The highest BCUT2D eigenvalue weighted by Gasteiger charge is 2.06. The average molecular weight is 188 g/mol. The van der Waals surface area contributed by atoms with Crippen molar-refractivity contribution < 1.29 is 14.7 Å². The summed E-state index contributed by atoms with van der Waals surface area (Å²) in [7, 11) is 6.60. The molecule has 13 heavy (non-hydrogen) atoms. The van der Waals surface area contributed by atoms with E-state index in [1.54, 1.807) is 0 Å². The standard InChI is InChI=1S/C10H16N.FH.H2O/c1-11(2,3)9-10-7-5-4-6-8-10;;/h4-8H,9H2,1-3H3;1H;1H2/q+1;;. The Morgan fingerprint density at radius 3 is 1.85 bits per heavy atom. The molecule has 2 N–H and O–H groups in total. The topological polar surface area (TPSA) is 31.5 Å². The van der Waals surface area contributed by atoms with Gasteiger partial charge in [-0.1, -0.05) is 30.3 Å². The molecule has 0 unspecified atom stereocenters. The smallest absolute Gasteiger partial charge is 0.104 e. The molecule has 0 atom stereocenters. The molecular formula is C10H19FNO+. The lowest BCUT2D eigenvalue weighted by Gasteiger charge is -2.23. The van der Waals surface area contributed by atoms with E-state index in [9.17, 15) is 0 Å². The first-order chi connectivity index (χ1) is 5.08. The molecule has 0 saturated heterocycles. The molecule has 0 radical (unpaired) electrons. The number of hydrogen-bond donors (Lipinski definition) is 0. The molecule has 0 bridgehead atoms. The Morgan fingerprint density at radius 1 is 1.00 bits per heavy atom. The van der Waals surface area contributed by atoms with E-state index in [1.807, 2.05) is 0 Å². The minimum Gasteiger partial charge on any atom is -0.412 e. The summed E-state index contributed by atoms with van der Waals surface area (Å²) in [5.41, 5.74) is 1.40. The molecule has 76 valence electrons. The zero-order valence-electron chi connectivity index (χ0n) is 8.45. The van der Waals surface area contributed by atoms with E-state index < -0.39 is 0 Å². The molecule has 0 aromatic heterocycles. The van der Waals surface area contributed by atoms with Gasteiger partial charge in [-0.05, 0) is 0 Å². The summed E-state index contributed by atoms with van der Waals surface area (Å²) >= 11 is 0. The van der Waals surface area contributed by atoms with Crippen LogP contribution in [0, 0.1) is 0 Å². The second-order valence-corrected chi connectivity index (χ2v) is 3.93. The highest BCUT2D eigenvalue weighted by atomic mass is 19.0. The quantitative estimate of drug-likeness (QED) is 0.625. The molecular weight excluding hydrogens is 169 g/mol. The third-order valence-electron chi connectivity index (χ3n) is 1.50. The Kier molecular flexibility index (Phi) is 6.36. The van der Waals surface area contributed by atoms with E-state index in [1.165, 1.54) is 5.56 Å². The molecule has 3 heteroatoms. The van der Waals surface area contributed by atoms with Crippen LogP contribution in [-0.2, 0) is 6.54 Å². The summed E-state index contributed by atoms with van der Waals surface area (Å²) < 4.78 is 0.990. The maximum atomic E-state index is 2.20. The number of nitrogens with zero attached hydrogens (tertiary/aromatic N) is 1. The normalized spacial score (nSPS) is 9.77. The fourth-order valence-corrected chi connectivity index (χ4v) is 1.13. The van der Waals surface area contributed by atoms with E-state index in [0.29, 0.717) is 0 Å². The zero-order valence-corrected chi connectivity index (χ0v) is 8.45. The number of hydrogen-bond acceptors (Lipinski definition) is 0. The van der Waals surface area contributed by atoms with Crippen molar-refractivity contribution in [3.8, 4) is 0 Å². The first-order valence-corrected chi connectivity index (χ1v) is 3.92. The highest BCUT2D eigenvalue weighted by molar-refractivity contribution is 5.13. The Morgan fingerprint density at radius 2 is 1.46 bits per heavy atom. The minimum atomic E-state index is 0. The van der Waals surface area contributed by atoms with Gasteiger partial charge in [0.25, 0.3) is 0 Å². The second kappa shape index (κ2) is 5.67. The van der Waals surface area contributed by atoms with Gasteiger partial charge >= 0.3 is 0 Å². The van der Waals surface area contributed by atoms with E-state index in [4.69, 9.17) is 0 Å². The van der Waals surface area contributed by atoms with Crippen LogP contribution >= 0.6 is 0 Å². The van der Waals surface area contributed by atoms with Crippen LogP contribution in [0.4, 0.5) is 4.70 Å². The molecule has 0 aliphatic carbocycles. The maximum absolute atomic E-state index is 2.20. The largest absolute Gasteiger partial charge is 0.412 e. The van der Waals surface area contributed by atoms with Gasteiger partial charge in [0.15, 0.2) is 0 Å². The predicted molar refractivity (Wildman–Crippen MR) is 54.3 cm³/mol. The molecule has 1 aromatic rings. The molecule has 0 saturated carbocycles. The van der Waals surface area contributed by atoms with Crippen LogP contribution in [-0.4, -0.2) is 31.1 Å². The van der Waals surface area contributed by atoms with Crippen molar-refractivity contribution >= 4 is 0 Å². The molecule has 1 rings (SSSR count). The average Bonchev–Trinajstić information content (AvgIpc) is 1.85. The lowest BCUT2D eigenvalue weighted by atomic mass is 10.2. The SMILES string of the molecule is C[N+](C)(C)Cc1ccccc1.F.O. The molecule has 0 spiro atoms. The maximum Gasteiger partial charge on any atom is 0.104 e. The summed E-state index contributed by atoms with van der Waals surface area (Å²) in [5.74, 6) is 0. The first-order valence-electron chi connectivity index (χ1n) is 3.92. The third kappa shape index (κ3) is 6.25. The highest BCUT2D eigenvalue weighted by Crippen LogP contribution is 2.04. The summed E-state index contributed by atoms with van der Waals surface area (Å²) in [5, 5.41) is 0. The summed E-state index contributed by atoms with van der Waals surface area (Å²) in [6, 6.07) is 10.6. The van der Waals surface area contributed by atoms with E-state index >= 15 is 0 Å². The van der Waals surface area contributed by atoms with Gasteiger partial charge in [-0.25, -0.2) is 0 Å². The van der Waals surface area contributed by atoms with Crippen LogP contribution < -0.4 is 0 Å². The summed E-state index contributed by atoms with van der Waals surface area (Å²) in [6.07, 6.45) is 0. The van der Waals surface area contributed by atoms with E-state index in [-0.39, 0.29) is 10.2 Å². The molecule has 0 heterocycles. The lowest BCUT2D eigenvalue weighted by molar-refractivity contribution is -0.884. The van der Waals surface area contributed by atoms with Crippen LogP contribution in [0.1, 0.15) is 5.56 Å². The van der Waals surface area contributed by atoms with Crippen LogP contribution in [0.3, 0.4) is 0 Å². The monoisotopic (exact) mass is 188 g/mol. The summed E-state index contributed by atoms with van der Waals surface area (Å²) in [6.45, 7) is 1.10. The number of rotatable bonds is 2. The Balaban J connectivity index is 0. The van der Waals surface area contributed by atoms with Crippen molar-refractivity contribution in [3.63, 3.8) is 0 Å². The Bertz CT molecular complexity index is 218. The molecule has 2 nitrogen and oxygen atoms in total. The Labute approximate surface area is 79.1 Å². The van der Waals surface area contributed by atoms with Crippen molar-refractivity contribution in [2.45, 2.75) is 6.54 Å². The fourth-order valence-electron chi connectivity index (χ4n) is 1.13. The van der Waals surface area contributed by atoms with Gasteiger partial charge in [0, 0.05) is 5.56 Å². The van der Waals surface area contributed by atoms with Crippen LogP contribution in [0.15, 0.2) is 30.3 Å². The molecule has 0 aliphatic heterocycles. The number of quaternary nitrogens is 1. The van der Waals surface area contributed by atoms with Crippen molar-refractivity contribution in [2.24, 2.45) is 0 Å². The van der Waals surface area contributed by atoms with Gasteiger partial charge in [0.1, 0.15) is 6.54 Å². The first kappa shape index (κ1) is 14.6. The van der Waals surface area contributed by atoms with Gasteiger partial charge in [-0.15, -0.1) is 0 Å². The molecule has 0 aliphatic rings. The molecule has 0 fully saturated rings. The van der Waals surface area contributed by atoms with Crippen LogP contribution in [0.25, 0.3) is 0 Å². The summed E-state index contributed by atoms with van der Waals surface area (Å²) in [4.78, 5) is 0. The van der Waals surface area contributed by atoms with Gasteiger partial charge in [0.2, 0.25) is 0 Å². The molecule has 0 amide bonds. The lowest BCUT2D eigenvalue weighted by Crippen LogP contribution is -2.33. The van der Waals surface area contributed by atoms with E-state index in [0.717, 1.165) is 11.0 Å². The van der Waals surface area contributed by atoms with Gasteiger partial charge < -0.3 is 9.96 Å². The van der Waals surface area contributed by atoms with Gasteiger partial charge in [0.05, 0.1) is 21.1 Å². The number of benzene rings is 1. The van der Waals surface area contributed by atoms with Gasteiger partial charge in [-0.3, -0.25) is 4.70 Å². The van der Waals surface area contributed by atoms with Crippen molar-refractivity contribution in [3.05, 3.63) is 35.9 Å². The second-order valence-electron chi connectivity index (χ2n) is 3.93. The minimum absolute atomic E-state index is 0. The third-order valence-corrected chi connectivity index (χ3v) is 1.50. The molecule has 1 aromatic carbocycles. The van der Waals surface area contributed by atoms with Gasteiger partial charge in [-0.2, -0.15) is 0 Å². The zero-order chi connectivity index (χ0) is 8.32. The van der Waals surface area contributed by atoms with Crippen LogP contribution in [0.2, 0.25) is 0 Å². The Hall–Kier alpha value is -0.930. The predicted octanol–water partition coefficient (Wildman–Crippen LogP) is 1.22. The van der Waals surface area contributed by atoms with Crippen molar-refractivity contribution in [1.82, 2.24) is 0 Å². The van der Waals surface area contributed by atoms with E-state index in [2.05, 4.69) is 51.5 Å². The van der Waals surface area contributed by atoms with Crippen molar-refractivity contribution in [1.29, 1.82) is 0 Å². The number of halogens is 1. The van der Waals surface area contributed by atoms with Crippen LogP contribution in [0.5, 0.6) is 0 Å².